The number of amides is 2. The van der Waals surface area contributed by atoms with Crippen molar-refractivity contribution in [2.45, 2.75) is 44.9 Å². The van der Waals surface area contributed by atoms with Gasteiger partial charge >= 0.3 is 6.03 Å². The number of ether oxygens (including phenoxy) is 1. The number of aliphatic hydroxyl groups is 1. The zero-order valence-electron chi connectivity index (χ0n) is 13.0. The molecule has 0 saturated heterocycles. The smallest absolute Gasteiger partial charge is 0.315 e. The number of nitriles is 1. The largest absolute Gasteiger partial charge is 0.485 e. The van der Waals surface area contributed by atoms with Crippen molar-refractivity contribution in [2.24, 2.45) is 0 Å². The van der Waals surface area contributed by atoms with Gasteiger partial charge in [0.2, 0.25) is 0 Å². The molecule has 6 nitrogen and oxygen atoms in total. The number of hydrogen-bond acceptors (Lipinski definition) is 4. The van der Waals surface area contributed by atoms with Gasteiger partial charge in [-0.1, -0.05) is 6.92 Å². The van der Waals surface area contributed by atoms with E-state index in [0.717, 1.165) is 6.42 Å². The van der Waals surface area contributed by atoms with E-state index in [1.165, 1.54) is 0 Å². The highest BCUT2D eigenvalue weighted by molar-refractivity contribution is 5.74. The Labute approximate surface area is 130 Å². The summed E-state index contributed by atoms with van der Waals surface area (Å²) in [6, 6.07) is 5.98. The minimum atomic E-state index is -0.945. The molecule has 2 rings (SSSR count). The fourth-order valence-electron chi connectivity index (χ4n) is 2.53. The van der Waals surface area contributed by atoms with Crippen LogP contribution in [0, 0.1) is 11.3 Å². The van der Waals surface area contributed by atoms with Crippen LogP contribution in [0.2, 0.25) is 0 Å². The van der Waals surface area contributed by atoms with Crippen LogP contribution >= 0.6 is 0 Å². The number of nitrogens with one attached hydrogen (secondary N) is 2. The molecule has 0 aliphatic carbocycles. The highest BCUT2D eigenvalue weighted by atomic mass is 16.5. The first kappa shape index (κ1) is 16.1. The van der Waals surface area contributed by atoms with Gasteiger partial charge in [0.15, 0.2) is 0 Å². The molecule has 1 aliphatic heterocycles. The number of carbonyl (C=O) groups is 1. The molecule has 0 spiro atoms. The zero-order valence-corrected chi connectivity index (χ0v) is 13.0. The maximum atomic E-state index is 11.9. The Kier molecular flexibility index (Phi) is 4.57. The number of benzene rings is 1. The molecule has 0 radical (unpaired) electrons. The molecule has 1 aromatic carbocycles. The van der Waals surface area contributed by atoms with Gasteiger partial charge in [-0.3, -0.25) is 0 Å². The van der Waals surface area contributed by atoms with Gasteiger partial charge in [0.1, 0.15) is 17.5 Å². The lowest BCUT2D eigenvalue weighted by Crippen LogP contribution is -2.59. The van der Waals surface area contributed by atoms with Crippen LogP contribution in [0.15, 0.2) is 18.2 Å². The summed E-state index contributed by atoms with van der Waals surface area (Å²) in [5.41, 5.74) is 0.180. The lowest BCUT2D eigenvalue weighted by molar-refractivity contribution is -0.0229. The molecule has 0 aromatic heterocycles. The molecule has 2 atom stereocenters. The lowest BCUT2D eigenvalue weighted by atomic mass is 9.85. The van der Waals surface area contributed by atoms with Crippen molar-refractivity contribution in [2.75, 3.05) is 6.54 Å². The number of rotatable bonds is 3. The normalized spacial score (nSPS) is 22.0. The molecule has 0 saturated carbocycles. The first-order chi connectivity index (χ1) is 10.4. The summed E-state index contributed by atoms with van der Waals surface area (Å²) in [6.45, 7) is 6.14. The van der Waals surface area contributed by atoms with Crippen LogP contribution in [0.1, 0.15) is 44.4 Å². The van der Waals surface area contributed by atoms with E-state index in [-0.39, 0.29) is 6.03 Å². The van der Waals surface area contributed by atoms with E-state index in [2.05, 4.69) is 10.6 Å². The molecule has 6 heteroatoms. The molecule has 22 heavy (non-hydrogen) atoms. The van der Waals surface area contributed by atoms with Crippen molar-refractivity contribution in [3.8, 4) is 11.8 Å². The monoisotopic (exact) mass is 303 g/mol. The topological polar surface area (TPSA) is 94.4 Å². The van der Waals surface area contributed by atoms with Crippen LogP contribution in [0.25, 0.3) is 0 Å². The van der Waals surface area contributed by atoms with E-state index >= 15 is 0 Å². The van der Waals surface area contributed by atoms with Crippen LogP contribution in [0.3, 0.4) is 0 Å². The molecular weight excluding hydrogens is 282 g/mol. The van der Waals surface area contributed by atoms with Crippen LogP contribution in [-0.2, 0) is 0 Å². The highest BCUT2D eigenvalue weighted by Gasteiger charge is 2.44. The molecule has 1 heterocycles. The second-order valence-electron chi connectivity index (χ2n) is 5.89. The van der Waals surface area contributed by atoms with Crippen molar-refractivity contribution >= 4 is 6.03 Å². The van der Waals surface area contributed by atoms with Crippen molar-refractivity contribution < 1.29 is 14.6 Å². The molecule has 1 aromatic rings. The summed E-state index contributed by atoms with van der Waals surface area (Å²) >= 11 is 0. The molecular formula is C16H21N3O3. The van der Waals surface area contributed by atoms with Crippen molar-refractivity contribution in [1.82, 2.24) is 10.6 Å². The van der Waals surface area contributed by atoms with Crippen molar-refractivity contribution in [1.29, 1.82) is 5.26 Å². The molecule has 1 unspecified atom stereocenters. The standard InChI is InChI=1S/C16H21N3O3/c1-4-7-18-15(21)19-14-13(20)11-8-10(9-17)5-6-12(11)22-16(14,2)3/h5-6,8,13-14,20H,4,7H2,1-3H3,(H2,18,19,21)/t13?,14-/m1/s1. The number of fused-ring (bicyclic) bond motifs is 1. The van der Waals surface area contributed by atoms with Crippen LogP contribution in [-0.4, -0.2) is 29.3 Å². The van der Waals surface area contributed by atoms with Crippen LogP contribution in [0.4, 0.5) is 4.79 Å². The van der Waals surface area contributed by atoms with E-state index in [4.69, 9.17) is 10.00 Å². The second-order valence-corrected chi connectivity index (χ2v) is 5.89. The van der Waals surface area contributed by atoms with Gasteiger partial charge in [0.25, 0.3) is 0 Å². The Balaban J connectivity index is 2.27. The molecule has 118 valence electrons. The average Bonchev–Trinajstić information content (AvgIpc) is 2.48. The summed E-state index contributed by atoms with van der Waals surface area (Å²) in [4.78, 5) is 11.9. The summed E-state index contributed by atoms with van der Waals surface area (Å²) in [6.07, 6.45) is -0.117. The van der Waals surface area contributed by atoms with Crippen LogP contribution < -0.4 is 15.4 Å². The van der Waals surface area contributed by atoms with Gasteiger partial charge in [-0.05, 0) is 38.5 Å². The van der Waals surface area contributed by atoms with Crippen molar-refractivity contribution in [3.05, 3.63) is 29.3 Å². The van der Waals surface area contributed by atoms with E-state index < -0.39 is 17.7 Å². The first-order valence-corrected chi connectivity index (χ1v) is 7.34. The minimum absolute atomic E-state index is 0.345. The Hall–Kier alpha value is -2.26. The lowest BCUT2D eigenvalue weighted by Gasteiger charge is -2.43. The number of urea groups is 1. The molecule has 2 amide bonds. The predicted molar refractivity (Wildman–Crippen MR) is 81.4 cm³/mol. The third kappa shape index (κ3) is 3.15. The maximum absolute atomic E-state index is 11.9. The van der Waals surface area contributed by atoms with Crippen molar-refractivity contribution in [3.63, 3.8) is 0 Å². The van der Waals surface area contributed by atoms with Gasteiger partial charge in [0, 0.05) is 12.1 Å². The molecule has 0 bridgehead atoms. The second kappa shape index (κ2) is 6.24. The summed E-state index contributed by atoms with van der Waals surface area (Å²) in [5.74, 6) is 0.531. The van der Waals surface area contributed by atoms with Gasteiger partial charge in [0.05, 0.1) is 17.7 Å². The van der Waals surface area contributed by atoms with E-state index in [1.807, 2.05) is 26.8 Å². The third-order valence-corrected chi connectivity index (χ3v) is 3.72. The fourth-order valence-corrected chi connectivity index (χ4v) is 2.53. The maximum Gasteiger partial charge on any atom is 0.315 e. The quantitative estimate of drug-likeness (QED) is 0.794. The zero-order chi connectivity index (χ0) is 16.3. The SMILES string of the molecule is CCCNC(=O)N[C@@H]1C(O)c2cc(C#N)ccc2OC1(C)C. The summed E-state index contributed by atoms with van der Waals surface area (Å²) in [7, 11) is 0. The Morgan fingerprint density at radius 1 is 1.50 bits per heavy atom. The van der Waals surface area contributed by atoms with E-state index in [0.29, 0.717) is 23.4 Å². The summed E-state index contributed by atoms with van der Waals surface area (Å²) in [5, 5.41) is 25.1. The number of nitrogens with zero attached hydrogens (tertiary/aromatic N) is 1. The third-order valence-electron chi connectivity index (χ3n) is 3.72. The number of carbonyl (C=O) groups excluding carboxylic acids is 1. The first-order valence-electron chi connectivity index (χ1n) is 7.34. The van der Waals surface area contributed by atoms with Gasteiger partial charge in [-0.25, -0.2) is 4.79 Å². The predicted octanol–water partition coefficient (Wildman–Crippen LogP) is 1.84. The van der Waals surface area contributed by atoms with E-state index in [9.17, 15) is 9.90 Å². The minimum Gasteiger partial charge on any atom is -0.485 e. The van der Waals surface area contributed by atoms with Gasteiger partial charge < -0.3 is 20.5 Å². The van der Waals surface area contributed by atoms with Crippen LogP contribution in [0.5, 0.6) is 5.75 Å². The highest BCUT2D eigenvalue weighted by Crippen LogP contribution is 2.40. The Morgan fingerprint density at radius 3 is 2.86 bits per heavy atom. The molecule has 1 aliphatic rings. The number of aliphatic hydroxyl groups excluding tert-OH is 1. The average molecular weight is 303 g/mol. The Morgan fingerprint density at radius 2 is 2.23 bits per heavy atom. The Bertz CT molecular complexity index is 607. The fraction of sp³-hybridized carbons (Fsp3) is 0.500. The van der Waals surface area contributed by atoms with Gasteiger partial charge in [-0.15, -0.1) is 0 Å². The van der Waals surface area contributed by atoms with E-state index in [1.54, 1.807) is 18.2 Å². The number of hydrogen-bond donors (Lipinski definition) is 3. The molecule has 0 fully saturated rings. The van der Waals surface area contributed by atoms with Gasteiger partial charge in [-0.2, -0.15) is 5.26 Å². The molecule has 3 N–H and O–H groups in total. The summed E-state index contributed by atoms with van der Waals surface area (Å²) < 4.78 is 5.90.